The second-order valence-electron chi connectivity index (χ2n) is 13.1. The lowest BCUT2D eigenvalue weighted by atomic mass is 9.95. The van der Waals surface area contributed by atoms with E-state index in [-0.39, 0.29) is 48.1 Å². The lowest BCUT2D eigenvalue weighted by molar-refractivity contribution is -0.136. The maximum Gasteiger partial charge on any atom is 0.290 e. The van der Waals surface area contributed by atoms with Crippen LogP contribution in [0, 0.1) is 11.7 Å². The molecular formula is C41H36FN3O6S. The van der Waals surface area contributed by atoms with Gasteiger partial charge in [0, 0.05) is 37.2 Å². The fraction of sp³-hybridized carbons (Fsp3) is 0.244. The number of thioether (sulfide) groups is 1. The molecule has 1 N–H and O–H groups in total. The molecule has 52 heavy (non-hydrogen) atoms. The molecule has 264 valence electrons. The number of ether oxygens (including phenoxy) is 1. The molecule has 11 heteroatoms. The van der Waals surface area contributed by atoms with Crippen molar-refractivity contribution in [1.29, 1.82) is 0 Å². The van der Waals surface area contributed by atoms with Crippen LogP contribution < -0.4 is 5.32 Å². The highest BCUT2D eigenvalue weighted by Gasteiger charge is 2.43. The second-order valence-corrected chi connectivity index (χ2v) is 14.1. The first-order valence-corrected chi connectivity index (χ1v) is 18.1. The Balaban J connectivity index is 1.12. The fourth-order valence-corrected chi connectivity index (χ4v) is 7.80. The number of imide groups is 1. The van der Waals surface area contributed by atoms with Crippen molar-refractivity contribution in [3.8, 4) is 11.1 Å². The van der Waals surface area contributed by atoms with Crippen LogP contribution >= 0.6 is 11.8 Å². The van der Waals surface area contributed by atoms with E-state index in [4.69, 9.17) is 4.74 Å². The second kappa shape index (κ2) is 15.5. The molecule has 3 aliphatic rings. The van der Waals surface area contributed by atoms with Gasteiger partial charge in [0.25, 0.3) is 17.1 Å². The van der Waals surface area contributed by atoms with E-state index in [2.05, 4.69) is 5.32 Å². The smallest absolute Gasteiger partial charge is 0.290 e. The maximum atomic E-state index is 14.4. The first kappa shape index (κ1) is 35.0. The van der Waals surface area contributed by atoms with Gasteiger partial charge in [0.1, 0.15) is 11.9 Å². The number of amides is 4. The molecule has 0 bridgehead atoms. The van der Waals surface area contributed by atoms with Gasteiger partial charge >= 0.3 is 0 Å². The van der Waals surface area contributed by atoms with Crippen molar-refractivity contribution in [2.24, 2.45) is 5.92 Å². The van der Waals surface area contributed by atoms with Crippen LogP contribution in [0.25, 0.3) is 11.1 Å². The van der Waals surface area contributed by atoms with Crippen LogP contribution in [0.5, 0.6) is 0 Å². The number of nitrogens with zero attached hydrogens (tertiary/aromatic N) is 2. The molecule has 0 radical (unpaired) electrons. The number of hydrogen-bond acceptors (Lipinski definition) is 7. The monoisotopic (exact) mass is 717 g/mol. The third kappa shape index (κ3) is 7.61. The molecule has 0 aliphatic carbocycles. The van der Waals surface area contributed by atoms with E-state index in [0.29, 0.717) is 30.8 Å². The van der Waals surface area contributed by atoms with E-state index < -0.39 is 40.8 Å². The first-order valence-electron chi connectivity index (χ1n) is 17.2. The number of hydrogen-bond donors (Lipinski definition) is 1. The average molecular weight is 718 g/mol. The summed E-state index contributed by atoms with van der Waals surface area (Å²) in [6.07, 6.45) is 2.82. The molecular weight excluding hydrogens is 682 g/mol. The highest BCUT2D eigenvalue weighted by Crippen LogP contribution is 2.32. The van der Waals surface area contributed by atoms with Crippen molar-refractivity contribution in [1.82, 2.24) is 15.1 Å². The van der Waals surface area contributed by atoms with Crippen molar-refractivity contribution >= 4 is 40.5 Å². The molecule has 7 rings (SSSR count). The summed E-state index contributed by atoms with van der Waals surface area (Å²) in [5.41, 5.74) is 3.61. The number of carbonyl (C=O) groups is 5. The Kier molecular flexibility index (Phi) is 10.4. The Morgan fingerprint density at radius 1 is 0.846 bits per heavy atom. The van der Waals surface area contributed by atoms with Crippen molar-refractivity contribution < 1.29 is 33.1 Å². The topological polar surface area (TPSA) is 113 Å². The standard InChI is InChI=1S/C41H36FN3O6S/c42-30-16-14-28(15-17-30)37(46)33-12-6-7-13-34(33)39(48)45-24-31(51-25-29-10-4-5-11-32(29)27-8-2-1-3-9-27)23-35(45)40(49)44-20-18-26(19-21-44)22-36-38(47)43-41(50)52-36/h1-17,22,26,31,35H,18-21,23-25H2,(H,43,47,50)/b36-22-/t31-,35+/m1/s1. The molecule has 0 spiro atoms. The molecule has 3 saturated heterocycles. The maximum absolute atomic E-state index is 14.4. The van der Waals surface area contributed by atoms with E-state index in [1.807, 2.05) is 60.7 Å². The van der Waals surface area contributed by atoms with E-state index >= 15 is 0 Å². The van der Waals surface area contributed by atoms with Crippen molar-refractivity contribution in [2.75, 3.05) is 19.6 Å². The van der Waals surface area contributed by atoms with Crippen LogP contribution in [0.2, 0.25) is 0 Å². The molecule has 4 amide bonds. The number of likely N-dealkylation sites (tertiary alicyclic amines) is 2. The number of piperidine rings is 1. The molecule has 3 heterocycles. The summed E-state index contributed by atoms with van der Waals surface area (Å²) in [7, 11) is 0. The Bertz CT molecular complexity index is 2040. The third-order valence-electron chi connectivity index (χ3n) is 9.77. The molecule has 4 aromatic carbocycles. The molecule has 3 fully saturated rings. The van der Waals surface area contributed by atoms with E-state index in [9.17, 15) is 28.4 Å². The summed E-state index contributed by atoms with van der Waals surface area (Å²) in [6.45, 7) is 1.25. The highest BCUT2D eigenvalue weighted by atomic mass is 32.2. The van der Waals surface area contributed by atoms with Crippen molar-refractivity contribution in [3.63, 3.8) is 0 Å². The summed E-state index contributed by atoms with van der Waals surface area (Å²) in [5.74, 6) is -1.95. The quantitative estimate of drug-likeness (QED) is 0.153. The van der Waals surface area contributed by atoms with Gasteiger partial charge in [0.15, 0.2) is 5.78 Å². The van der Waals surface area contributed by atoms with Gasteiger partial charge in [-0.05, 0) is 77.5 Å². The average Bonchev–Trinajstić information content (AvgIpc) is 3.75. The zero-order valence-corrected chi connectivity index (χ0v) is 29.0. The van der Waals surface area contributed by atoms with Gasteiger partial charge < -0.3 is 14.5 Å². The zero-order valence-electron chi connectivity index (χ0n) is 28.2. The van der Waals surface area contributed by atoms with Crippen LogP contribution in [0.4, 0.5) is 9.18 Å². The van der Waals surface area contributed by atoms with Gasteiger partial charge in [0.05, 0.1) is 23.2 Å². The summed E-state index contributed by atoms with van der Waals surface area (Å²) >= 11 is 0.883. The predicted octanol–water partition coefficient (Wildman–Crippen LogP) is 6.63. The minimum atomic E-state index is -0.834. The summed E-state index contributed by atoms with van der Waals surface area (Å²) in [6, 6.07) is 28.8. The minimum Gasteiger partial charge on any atom is -0.372 e. The predicted molar refractivity (Wildman–Crippen MR) is 195 cm³/mol. The highest BCUT2D eigenvalue weighted by molar-refractivity contribution is 8.18. The number of halogens is 1. The van der Waals surface area contributed by atoms with Crippen LogP contribution in [0.3, 0.4) is 0 Å². The molecule has 3 aliphatic heterocycles. The fourth-order valence-electron chi connectivity index (χ4n) is 7.06. The van der Waals surface area contributed by atoms with Gasteiger partial charge in [-0.3, -0.25) is 29.3 Å². The number of rotatable bonds is 9. The third-order valence-corrected chi connectivity index (χ3v) is 10.6. The lowest BCUT2D eigenvalue weighted by Crippen LogP contribution is -2.50. The molecule has 0 aromatic heterocycles. The van der Waals surface area contributed by atoms with Crippen molar-refractivity contribution in [3.05, 3.63) is 142 Å². The van der Waals surface area contributed by atoms with Crippen LogP contribution in [-0.2, 0) is 20.9 Å². The van der Waals surface area contributed by atoms with E-state index in [1.54, 1.807) is 29.2 Å². The zero-order chi connectivity index (χ0) is 36.2. The van der Waals surface area contributed by atoms with Gasteiger partial charge in [-0.25, -0.2) is 4.39 Å². The summed E-state index contributed by atoms with van der Waals surface area (Å²) in [5, 5.41) is 1.88. The summed E-state index contributed by atoms with van der Waals surface area (Å²) < 4.78 is 20.1. The van der Waals surface area contributed by atoms with E-state index in [1.165, 1.54) is 29.2 Å². The Labute approximate surface area is 304 Å². The molecule has 4 aromatic rings. The number of nitrogens with one attached hydrogen (secondary N) is 1. The van der Waals surface area contributed by atoms with E-state index in [0.717, 1.165) is 28.5 Å². The first-order chi connectivity index (χ1) is 25.2. The van der Waals surface area contributed by atoms with Crippen LogP contribution in [-0.4, -0.2) is 70.3 Å². The van der Waals surface area contributed by atoms with Crippen LogP contribution in [0.15, 0.2) is 114 Å². The number of benzene rings is 4. The lowest BCUT2D eigenvalue weighted by Gasteiger charge is -2.35. The van der Waals surface area contributed by atoms with Gasteiger partial charge in [-0.2, -0.15) is 0 Å². The molecule has 0 saturated carbocycles. The van der Waals surface area contributed by atoms with Gasteiger partial charge in [-0.15, -0.1) is 0 Å². The number of ketones is 1. The largest absolute Gasteiger partial charge is 0.372 e. The Morgan fingerprint density at radius 3 is 2.23 bits per heavy atom. The SMILES string of the molecule is O=C1NC(=O)/C(=C/C2CCN(C(=O)[C@@H]3C[C@@H](OCc4ccccc4-c4ccccc4)CN3C(=O)c3ccccc3C(=O)c3ccc(F)cc3)CC2)S1. The normalized spacial score (nSPS) is 20.0. The van der Waals surface area contributed by atoms with Crippen LogP contribution in [0.1, 0.15) is 51.1 Å². The Morgan fingerprint density at radius 2 is 1.52 bits per heavy atom. The number of carbonyl (C=O) groups excluding carboxylic acids is 5. The van der Waals surface area contributed by atoms with Crippen molar-refractivity contribution in [2.45, 2.75) is 38.0 Å². The Hall–Kier alpha value is -5.39. The number of allylic oxidation sites excluding steroid dienone is 1. The van der Waals surface area contributed by atoms with Gasteiger partial charge in [-0.1, -0.05) is 78.9 Å². The molecule has 9 nitrogen and oxygen atoms in total. The molecule has 0 unspecified atom stereocenters. The van der Waals surface area contributed by atoms with Gasteiger partial charge in [0.2, 0.25) is 5.91 Å². The summed E-state index contributed by atoms with van der Waals surface area (Å²) in [4.78, 5) is 69.6. The molecule has 2 atom stereocenters. The minimum absolute atomic E-state index is 0.0228.